The fraction of sp³-hybridized carbons (Fsp3) is 0.300. The predicted molar refractivity (Wildman–Crippen MR) is 103 cm³/mol. The molecule has 1 fully saturated rings. The molecule has 1 aliphatic rings. The first-order valence-corrected chi connectivity index (χ1v) is 9.50. The number of amides is 1. The summed E-state index contributed by atoms with van der Waals surface area (Å²) in [7, 11) is 1.63. The van der Waals surface area contributed by atoms with Gasteiger partial charge in [0.1, 0.15) is 11.3 Å². The number of carbonyl (C=O) groups is 1. The highest BCUT2D eigenvalue weighted by Crippen LogP contribution is 2.35. The van der Waals surface area contributed by atoms with Gasteiger partial charge >= 0.3 is 0 Å². The number of para-hydroxylation sites is 1. The molecule has 26 heavy (non-hydrogen) atoms. The van der Waals surface area contributed by atoms with E-state index >= 15 is 0 Å². The average molecular weight is 368 g/mol. The van der Waals surface area contributed by atoms with E-state index in [9.17, 15) is 4.79 Å². The number of hydrogen-bond acceptors (Lipinski definition) is 5. The number of carbonyl (C=O) groups excluding carboxylic acids is 1. The molecule has 0 spiro atoms. The normalized spacial score (nSPS) is 16.7. The number of thiazole rings is 1. The monoisotopic (exact) mass is 368 g/mol. The van der Waals surface area contributed by atoms with Crippen LogP contribution in [-0.2, 0) is 4.74 Å². The molecule has 1 unspecified atom stereocenters. The second-order valence-electron chi connectivity index (χ2n) is 6.22. The van der Waals surface area contributed by atoms with Crippen LogP contribution in [0.1, 0.15) is 23.2 Å². The first-order valence-electron chi connectivity index (χ1n) is 8.68. The van der Waals surface area contributed by atoms with Gasteiger partial charge in [0, 0.05) is 12.2 Å². The minimum Gasteiger partial charge on any atom is -0.494 e. The molecule has 0 aliphatic carbocycles. The zero-order valence-corrected chi connectivity index (χ0v) is 15.4. The molecule has 3 aromatic rings. The lowest BCUT2D eigenvalue weighted by molar-refractivity contribution is 0.0917. The number of fused-ring (bicyclic) bond motifs is 1. The molecule has 0 N–H and O–H groups in total. The number of rotatable bonds is 5. The zero-order chi connectivity index (χ0) is 17.9. The summed E-state index contributed by atoms with van der Waals surface area (Å²) in [6.07, 6.45) is 2.05. The van der Waals surface area contributed by atoms with Crippen molar-refractivity contribution in [1.29, 1.82) is 0 Å². The molecule has 134 valence electrons. The van der Waals surface area contributed by atoms with E-state index in [1.165, 1.54) is 11.3 Å². The second kappa shape index (κ2) is 7.43. The maximum atomic E-state index is 13.2. The highest BCUT2D eigenvalue weighted by Gasteiger charge is 2.27. The summed E-state index contributed by atoms with van der Waals surface area (Å²) in [6, 6.07) is 15.1. The maximum absolute atomic E-state index is 13.2. The van der Waals surface area contributed by atoms with E-state index < -0.39 is 0 Å². The van der Waals surface area contributed by atoms with Crippen molar-refractivity contribution in [3.8, 4) is 5.75 Å². The van der Waals surface area contributed by atoms with Crippen LogP contribution in [0, 0.1) is 0 Å². The van der Waals surface area contributed by atoms with Crippen molar-refractivity contribution in [3.05, 3.63) is 54.1 Å². The Bertz CT molecular complexity index is 904. The summed E-state index contributed by atoms with van der Waals surface area (Å²) in [5.41, 5.74) is 1.44. The molecule has 0 bridgehead atoms. The number of methoxy groups -OCH3 is 1. The highest BCUT2D eigenvalue weighted by molar-refractivity contribution is 7.22. The van der Waals surface area contributed by atoms with Crippen molar-refractivity contribution >= 4 is 32.6 Å². The van der Waals surface area contributed by atoms with Gasteiger partial charge in [-0.2, -0.15) is 0 Å². The van der Waals surface area contributed by atoms with Crippen LogP contribution in [0.3, 0.4) is 0 Å². The van der Waals surface area contributed by atoms with Crippen LogP contribution in [0.2, 0.25) is 0 Å². The molecule has 1 aromatic heterocycles. The lowest BCUT2D eigenvalue weighted by Gasteiger charge is -2.23. The van der Waals surface area contributed by atoms with Gasteiger partial charge in [-0.1, -0.05) is 35.6 Å². The third kappa shape index (κ3) is 3.30. The van der Waals surface area contributed by atoms with Crippen molar-refractivity contribution in [2.24, 2.45) is 0 Å². The Hall–Kier alpha value is -2.44. The summed E-state index contributed by atoms with van der Waals surface area (Å²) < 4.78 is 12.2. The minimum atomic E-state index is -0.0564. The van der Waals surface area contributed by atoms with Crippen LogP contribution in [-0.4, -0.2) is 37.3 Å². The van der Waals surface area contributed by atoms with E-state index in [0.717, 1.165) is 29.7 Å². The Morgan fingerprint density at radius 1 is 1.27 bits per heavy atom. The van der Waals surface area contributed by atoms with Gasteiger partial charge in [0.2, 0.25) is 0 Å². The topological polar surface area (TPSA) is 51.7 Å². The second-order valence-corrected chi connectivity index (χ2v) is 7.23. The van der Waals surface area contributed by atoms with Crippen LogP contribution in [0.4, 0.5) is 5.13 Å². The molecule has 1 amide bonds. The Morgan fingerprint density at radius 3 is 2.85 bits per heavy atom. The molecule has 0 radical (unpaired) electrons. The van der Waals surface area contributed by atoms with Crippen LogP contribution < -0.4 is 9.64 Å². The lowest BCUT2D eigenvalue weighted by Crippen LogP contribution is -2.37. The number of benzene rings is 2. The minimum absolute atomic E-state index is 0.0524. The molecule has 1 atom stereocenters. The SMILES string of the molecule is COc1cccc2sc(N(CC3CCCO3)C(=O)c3ccccc3)nc12. The van der Waals surface area contributed by atoms with Gasteiger partial charge in [0.05, 0.1) is 24.5 Å². The molecule has 6 heteroatoms. The van der Waals surface area contributed by atoms with E-state index in [0.29, 0.717) is 23.0 Å². The average Bonchev–Trinajstić information content (AvgIpc) is 3.35. The molecule has 0 saturated carbocycles. The summed E-state index contributed by atoms with van der Waals surface area (Å²) in [6.45, 7) is 1.27. The number of hydrogen-bond donors (Lipinski definition) is 0. The Balaban J connectivity index is 1.73. The largest absolute Gasteiger partial charge is 0.494 e. The Morgan fingerprint density at radius 2 is 2.12 bits per heavy atom. The summed E-state index contributed by atoms with van der Waals surface area (Å²) in [5, 5.41) is 0.675. The van der Waals surface area contributed by atoms with Gasteiger partial charge in [-0.15, -0.1) is 0 Å². The van der Waals surface area contributed by atoms with Crippen LogP contribution >= 0.6 is 11.3 Å². The van der Waals surface area contributed by atoms with Gasteiger partial charge < -0.3 is 9.47 Å². The fourth-order valence-electron chi connectivity index (χ4n) is 3.17. The van der Waals surface area contributed by atoms with E-state index in [-0.39, 0.29) is 12.0 Å². The van der Waals surface area contributed by atoms with E-state index in [1.54, 1.807) is 12.0 Å². The van der Waals surface area contributed by atoms with E-state index in [1.807, 2.05) is 48.5 Å². The Kier molecular flexibility index (Phi) is 4.86. The first-order chi connectivity index (χ1) is 12.8. The van der Waals surface area contributed by atoms with Gasteiger partial charge in [0.25, 0.3) is 5.91 Å². The van der Waals surface area contributed by atoms with Gasteiger partial charge in [-0.05, 0) is 37.1 Å². The first kappa shape index (κ1) is 17.0. The number of anilines is 1. The standard InChI is InChI=1S/C20H20N2O3S/c1-24-16-10-5-11-17-18(16)21-20(26-17)22(13-15-9-6-12-25-15)19(23)14-7-3-2-4-8-14/h2-5,7-8,10-11,15H,6,9,12-13H2,1H3. The summed E-state index contributed by atoms with van der Waals surface area (Å²) in [5.74, 6) is 0.661. The van der Waals surface area contributed by atoms with Crippen LogP contribution in [0.25, 0.3) is 10.2 Å². The van der Waals surface area contributed by atoms with Crippen molar-refractivity contribution in [1.82, 2.24) is 4.98 Å². The van der Waals surface area contributed by atoms with Crippen molar-refractivity contribution in [3.63, 3.8) is 0 Å². The van der Waals surface area contributed by atoms with Crippen LogP contribution in [0.5, 0.6) is 5.75 Å². The third-order valence-corrected chi connectivity index (χ3v) is 5.54. The van der Waals surface area contributed by atoms with Crippen molar-refractivity contribution in [2.45, 2.75) is 18.9 Å². The predicted octanol–water partition coefficient (Wildman–Crippen LogP) is 4.13. The molecule has 2 aromatic carbocycles. The van der Waals surface area contributed by atoms with Crippen molar-refractivity contribution < 1.29 is 14.3 Å². The molecule has 1 saturated heterocycles. The highest BCUT2D eigenvalue weighted by atomic mass is 32.1. The van der Waals surface area contributed by atoms with Crippen LogP contribution in [0.15, 0.2) is 48.5 Å². The molecular weight excluding hydrogens is 348 g/mol. The summed E-state index contributed by atoms with van der Waals surface area (Å²) >= 11 is 1.50. The van der Waals surface area contributed by atoms with Gasteiger partial charge in [-0.25, -0.2) is 4.98 Å². The van der Waals surface area contributed by atoms with Gasteiger partial charge in [0.15, 0.2) is 5.13 Å². The number of aromatic nitrogens is 1. The third-order valence-electron chi connectivity index (χ3n) is 4.50. The molecule has 2 heterocycles. The summed E-state index contributed by atoms with van der Waals surface area (Å²) in [4.78, 5) is 19.6. The number of nitrogens with zero attached hydrogens (tertiary/aromatic N) is 2. The fourth-order valence-corrected chi connectivity index (χ4v) is 4.16. The Labute approximate surface area is 156 Å². The lowest BCUT2D eigenvalue weighted by atomic mass is 10.2. The van der Waals surface area contributed by atoms with Gasteiger partial charge in [-0.3, -0.25) is 9.69 Å². The smallest absolute Gasteiger partial charge is 0.260 e. The number of ether oxygens (including phenoxy) is 2. The van der Waals surface area contributed by atoms with Crippen molar-refractivity contribution in [2.75, 3.05) is 25.2 Å². The molecule has 5 nitrogen and oxygen atoms in total. The quantitative estimate of drug-likeness (QED) is 0.679. The maximum Gasteiger partial charge on any atom is 0.260 e. The molecule has 4 rings (SSSR count). The van der Waals surface area contributed by atoms with E-state index in [2.05, 4.69) is 0 Å². The molecule has 1 aliphatic heterocycles. The zero-order valence-electron chi connectivity index (χ0n) is 14.6. The van der Waals surface area contributed by atoms with E-state index in [4.69, 9.17) is 14.5 Å². The molecular formula is C20H20N2O3S.